The molecule has 3 nitrogen and oxygen atoms in total. The molecule has 0 saturated heterocycles. The SMILES string of the molecule is CCC(N)Cc1nc2cc(Cl)c(F)cc2o1. The van der Waals surface area contributed by atoms with Gasteiger partial charge in [-0.15, -0.1) is 0 Å². The molecule has 0 radical (unpaired) electrons. The van der Waals surface area contributed by atoms with E-state index in [-0.39, 0.29) is 11.1 Å². The Labute approximate surface area is 97.4 Å². The lowest BCUT2D eigenvalue weighted by atomic mass is 10.2. The number of nitrogens with two attached hydrogens (primary N) is 1. The number of halogens is 2. The van der Waals surface area contributed by atoms with Gasteiger partial charge in [-0.2, -0.15) is 0 Å². The maximum absolute atomic E-state index is 13.1. The first-order valence-corrected chi connectivity index (χ1v) is 5.48. The van der Waals surface area contributed by atoms with Crippen LogP contribution in [0.1, 0.15) is 19.2 Å². The molecule has 2 rings (SSSR count). The Hall–Kier alpha value is -1.13. The fourth-order valence-electron chi connectivity index (χ4n) is 1.43. The van der Waals surface area contributed by atoms with Gasteiger partial charge >= 0.3 is 0 Å². The number of hydrogen-bond donors (Lipinski definition) is 1. The fraction of sp³-hybridized carbons (Fsp3) is 0.364. The molecule has 2 N–H and O–H groups in total. The number of fused-ring (bicyclic) bond motifs is 1. The molecule has 1 atom stereocenters. The van der Waals surface area contributed by atoms with Gasteiger partial charge in [-0.3, -0.25) is 0 Å². The highest BCUT2D eigenvalue weighted by Gasteiger charge is 2.11. The van der Waals surface area contributed by atoms with Gasteiger partial charge in [0.2, 0.25) is 0 Å². The minimum atomic E-state index is -0.503. The number of oxazole rings is 1. The van der Waals surface area contributed by atoms with E-state index in [1.807, 2.05) is 6.92 Å². The lowest BCUT2D eigenvalue weighted by Gasteiger charge is -2.03. The molecule has 16 heavy (non-hydrogen) atoms. The van der Waals surface area contributed by atoms with Crippen molar-refractivity contribution < 1.29 is 8.81 Å². The summed E-state index contributed by atoms with van der Waals surface area (Å²) in [5, 5.41) is 0.0483. The van der Waals surface area contributed by atoms with Gasteiger partial charge in [-0.25, -0.2) is 9.37 Å². The molecular weight excluding hydrogens is 231 g/mol. The Balaban J connectivity index is 2.36. The molecule has 2 aromatic rings. The number of hydrogen-bond acceptors (Lipinski definition) is 3. The normalized spacial score (nSPS) is 13.2. The molecule has 0 spiro atoms. The van der Waals surface area contributed by atoms with Crippen LogP contribution in [0.4, 0.5) is 4.39 Å². The molecule has 0 saturated carbocycles. The minimum Gasteiger partial charge on any atom is -0.441 e. The van der Waals surface area contributed by atoms with Gasteiger partial charge in [0.05, 0.1) is 5.02 Å². The highest BCUT2D eigenvalue weighted by atomic mass is 35.5. The first-order chi connectivity index (χ1) is 7.60. The lowest BCUT2D eigenvalue weighted by Crippen LogP contribution is -2.21. The van der Waals surface area contributed by atoms with E-state index in [0.717, 1.165) is 6.42 Å². The van der Waals surface area contributed by atoms with Crippen LogP contribution in [-0.4, -0.2) is 11.0 Å². The fourth-order valence-corrected chi connectivity index (χ4v) is 1.59. The minimum absolute atomic E-state index is 0.00776. The molecule has 0 fully saturated rings. The van der Waals surface area contributed by atoms with Crippen LogP contribution in [-0.2, 0) is 6.42 Å². The van der Waals surface area contributed by atoms with Gasteiger partial charge in [0.1, 0.15) is 11.3 Å². The summed E-state index contributed by atoms with van der Waals surface area (Å²) in [5.74, 6) is 0.0164. The van der Waals surface area contributed by atoms with Crippen LogP contribution in [0.15, 0.2) is 16.5 Å². The van der Waals surface area contributed by atoms with Crippen LogP contribution in [0.25, 0.3) is 11.1 Å². The summed E-state index contributed by atoms with van der Waals surface area (Å²) in [4.78, 5) is 4.20. The first-order valence-electron chi connectivity index (χ1n) is 5.10. The van der Waals surface area contributed by atoms with E-state index < -0.39 is 5.82 Å². The zero-order chi connectivity index (χ0) is 11.7. The monoisotopic (exact) mass is 242 g/mol. The van der Waals surface area contributed by atoms with Crippen molar-refractivity contribution in [2.45, 2.75) is 25.8 Å². The zero-order valence-electron chi connectivity index (χ0n) is 8.84. The summed E-state index contributed by atoms with van der Waals surface area (Å²) >= 11 is 5.65. The predicted octanol–water partition coefficient (Wildman–Crippen LogP) is 2.90. The van der Waals surface area contributed by atoms with Crippen LogP contribution in [0.5, 0.6) is 0 Å². The third-order valence-electron chi connectivity index (χ3n) is 2.44. The molecule has 0 bridgehead atoms. The highest BCUT2D eigenvalue weighted by Crippen LogP contribution is 2.23. The number of aromatic nitrogens is 1. The van der Waals surface area contributed by atoms with Crippen LogP contribution in [0.3, 0.4) is 0 Å². The van der Waals surface area contributed by atoms with E-state index in [4.69, 9.17) is 21.8 Å². The van der Waals surface area contributed by atoms with E-state index in [9.17, 15) is 4.39 Å². The van der Waals surface area contributed by atoms with Gasteiger partial charge in [0, 0.05) is 18.5 Å². The first kappa shape index (κ1) is 11.4. The van der Waals surface area contributed by atoms with Gasteiger partial charge in [-0.1, -0.05) is 18.5 Å². The molecule has 0 aliphatic rings. The zero-order valence-corrected chi connectivity index (χ0v) is 9.59. The van der Waals surface area contributed by atoms with Crippen molar-refractivity contribution in [1.29, 1.82) is 0 Å². The Morgan fingerprint density at radius 3 is 3.00 bits per heavy atom. The molecule has 1 unspecified atom stereocenters. The van der Waals surface area contributed by atoms with Crippen molar-refractivity contribution in [2.75, 3.05) is 0 Å². The predicted molar refractivity (Wildman–Crippen MR) is 60.9 cm³/mol. The summed E-state index contributed by atoms with van der Waals surface area (Å²) in [6.45, 7) is 1.99. The Bertz CT molecular complexity index is 473. The molecular formula is C11H12ClFN2O. The standard InChI is InChI=1S/C11H12ClFN2O/c1-2-6(14)3-11-15-9-4-7(12)8(13)5-10(9)16-11/h4-6H,2-3,14H2,1H3. The molecule has 1 aromatic carbocycles. The molecule has 0 amide bonds. The van der Waals surface area contributed by atoms with Crippen molar-refractivity contribution in [1.82, 2.24) is 4.98 Å². The van der Waals surface area contributed by atoms with Crippen molar-refractivity contribution in [3.63, 3.8) is 0 Å². The summed E-state index contributed by atoms with van der Waals surface area (Å²) in [6, 6.07) is 2.70. The summed E-state index contributed by atoms with van der Waals surface area (Å²) < 4.78 is 18.5. The Kier molecular flexibility index (Phi) is 3.12. The van der Waals surface area contributed by atoms with Crippen LogP contribution in [0, 0.1) is 5.82 Å². The lowest BCUT2D eigenvalue weighted by molar-refractivity contribution is 0.489. The number of rotatable bonds is 3. The average Bonchev–Trinajstić information content (AvgIpc) is 2.60. The molecule has 5 heteroatoms. The smallest absolute Gasteiger partial charge is 0.197 e. The second-order valence-electron chi connectivity index (χ2n) is 3.71. The summed E-state index contributed by atoms with van der Waals surface area (Å²) in [5.41, 5.74) is 6.75. The van der Waals surface area contributed by atoms with E-state index in [0.29, 0.717) is 23.4 Å². The summed E-state index contributed by atoms with van der Waals surface area (Å²) in [6.07, 6.45) is 1.39. The second kappa shape index (κ2) is 4.39. The Morgan fingerprint density at radius 1 is 1.56 bits per heavy atom. The number of nitrogens with zero attached hydrogens (tertiary/aromatic N) is 1. The highest BCUT2D eigenvalue weighted by molar-refractivity contribution is 6.31. The van der Waals surface area contributed by atoms with E-state index in [1.165, 1.54) is 12.1 Å². The second-order valence-corrected chi connectivity index (χ2v) is 4.12. The molecule has 1 aromatic heterocycles. The largest absolute Gasteiger partial charge is 0.441 e. The molecule has 0 aliphatic carbocycles. The van der Waals surface area contributed by atoms with Gasteiger partial charge < -0.3 is 10.2 Å². The van der Waals surface area contributed by atoms with Crippen molar-refractivity contribution >= 4 is 22.7 Å². The van der Waals surface area contributed by atoms with Crippen LogP contribution >= 0.6 is 11.6 Å². The topological polar surface area (TPSA) is 52.0 Å². The van der Waals surface area contributed by atoms with Crippen LogP contribution < -0.4 is 5.73 Å². The van der Waals surface area contributed by atoms with Crippen LogP contribution in [0.2, 0.25) is 5.02 Å². The maximum atomic E-state index is 13.1. The van der Waals surface area contributed by atoms with E-state index >= 15 is 0 Å². The Morgan fingerprint density at radius 2 is 2.31 bits per heavy atom. The van der Waals surface area contributed by atoms with Crippen molar-refractivity contribution in [3.05, 3.63) is 28.9 Å². The van der Waals surface area contributed by atoms with E-state index in [2.05, 4.69) is 4.98 Å². The quantitative estimate of drug-likeness (QED) is 0.900. The van der Waals surface area contributed by atoms with Crippen molar-refractivity contribution in [2.24, 2.45) is 5.73 Å². The molecule has 1 heterocycles. The maximum Gasteiger partial charge on any atom is 0.197 e. The number of benzene rings is 1. The third kappa shape index (κ3) is 2.18. The van der Waals surface area contributed by atoms with Gasteiger partial charge in [0.15, 0.2) is 11.5 Å². The van der Waals surface area contributed by atoms with E-state index in [1.54, 1.807) is 0 Å². The summed E-state index contributed by atoms with van der Waals surface area (Å²) in [7, 11) is 0. The molecule has 0 aliphatic heterocycles. The van der Waals surface area contributed by atoms with Gasteiger partial charge in [0.25, 0.3) is 0 Å². The average molecular weight is 243 g/mol. The third-order valence-corrected chi connectivity index (χ3v) is 2.73. The molecule has 86 valence electrons. The van der Waals surface area contributed by atoms with Gasteiger partial charge in [-0.05, 0) is 12.5 Å². The van der Waals surface area contributed by atoms with Crippen molar-refractivity contribution in [3.8, 4) is 0 Å².